The summed E-state index contributed by atoms with van der Waals surface area (Å²) < 4.78 is 63.0. The van der Waals surface area contributed by atoms with Gasteiger partial charge in [-0.05, 0) is 46.3 Å². The molecule has 3 nitrogen and oxygen atoms in total. The highest BCUT2D eigenvalue weighted by Gasteiger charge is 3.04. The van der Waals surface area contributed by atoms with Crippen molar-refractivity contribution in [3.63, 3.8) is 0 Å². The van der Waals surface area contributed by atoms with Crippen molar-refractivity contribution in [1.82, 2.24) is 4.72 Å². The molecule has 0 aromatic carbocycles. The van der Waals surface area contributed by atoms with Gasteiger partial charge in [0.05, 0.1) is 0 Å². The Kier molecular flexibility index (Phi) is 1.98. The molecule has 3 spiro atoms. The lowest BCUT2D eigenvalue weighted by molar-refractivity contribution is -0.141. The molecular weight excluding hydrogens is 303 g/mol. The second-order valence-electron chi connectivity index (χ2n) is 8.58. The first kappa shape index (κ1) is 14.3. The predicted molar refractivity (Wildman–Crippen MR) is 70.6 cm³/mol. The van der Waals surface area contributed by atoms with E-state index in [1.54, 1.807) is 0 Å². The van der Waals surface area contributed by atoms with E-state index in [2.05, 4.69) is 27.7 Å². The van der Waals surface area contributed by atoms with Crippen molar-refractivity contribution in [1.29, 1.82) is 0 Å². The van der Waals surface area contributed by atoms with Crippen LogP contribution in [0, 0.1) is 27.1 Å². The number of hydrogen-bond acceptors (Lipinski definition) is 2. The Morgan fingerprint density at radius 2 is 1.62 bits per heavy atom. The van der Waals surface area contributed by atoms with Gasteiger partial charge in [0.2, 0.25) is 0 Å². The summed E-state index contributed by atoms with van der Waals surface area (Å²) in [6.07, 6.45) is 2.45. The molecule has 0 aromatic rings. The van der Waals surface area contributed by atoms with Gasteiger partial charge in [-0.25, -0.2) is 13.1 Å². The van der Waals surface area contributed by atoms with Crippen molar-refractivity contribution < 1.29 is 21.6 Å². The van der Waals surface area contributed by atoms with Crippen molar-refractivity contribution in [2.75, 3.05) is 0 Å². The maximum Gasteiger partial charge on any atom is 0.511 e. The number of nitrogens with one attached hydrogen (secondary N) is 1. The van der Waals surface area contributed by atoms with E-state index in [4.69, 9.17) is 0 Å². The van der Waals surface area contributed by atoms with Crippen LogP contribution in [0.4, 0.5) is 13.2 Å². The van der Waals surface area contributed by atoms with Crippen LogP contribution in [-0.4, -0.2) is 20.0 Å². The topological polar surface area (TPSA) is 46.2 Å². The Labute approximate surface area is 122 Å². The number of halogens is 3. The molecule has 0 aromatic heterocycles. The number of fused-ring (bicyclic) bond motifs is 1. The first-order valence-corrected chi connectivity index (χ1v) is 8.80. The van der Waals surface area contributed by atoms with Crippen molar-refractivity contribution >= 4 is 10.0 Å². The lowest BCUT2D eigenvalue weighted by atomic mass is 9.42. The SMILES string of the molecule is CC1(C)C23CC(NS(=O)(=O)C(F)(F)F)C4(C2)C(C)(C)C14C3. The molecular formula is C14H20F3NO2S. The number of hydrogen-bond donors (Lipinski definition) is 1. The van der Waals surface area contributed by atoms with Crippen molar-refractivity contribution in [2.45, 2.75) is 58.5 Å². The summed E-state index contributed by atoms with van der Waals surface area (Å²) in [5, 5.41) is 0. The molecule has 3 rings (SSSR count). The lowest BCUT2D eigenvalue weighted by Gasteiger charge is -2.63. The highest BCUT2D eigenvalue weighted by molar-refractivity contribution is 7.90. The number of rotatable bonds is 2. The Morgan fingerprint density at radius 3 is 2.05 bits per heavy atom. The average Bonchev–Trinajstić information content (AvgIpc) is 2.66. The Bertz CT molecular complexity index is 668. The smallest absolute Gasteiger partial charge is 0.204 e. The van der Waals surface area contributed by atoms with E-state index in [-0.39, 0.29) is 27.1 Å². The lowest BCUT2D eigenvalue weighted by Crippen LogP contribution is -2.59. The summed E-state index contributed by atoms with van der Waals surface area (Å²) in [6, 6.07) is -0.569. The maximum atomic E-state index is 12.7. The number of alkyl halides is 3. The van der Waals surface area contributed by atoms with Gasteiger partial charge in [-0.3, -0.25) is 0 Å². The maximum absolute atomic E-state index is 12.7. The molecule has 0 saturated heterocycles. The first-order valence-electron chi connectivity index (χ1n) is 7.31. The zero-order valence-corrected chi connectivity index (χ0v) is 13.4. The van der Waals surface area contributed by atoms with Gasteiger partial charge in [-0.15, -0.1) is 0 Å². The fraction of sp³-hybridized carbons (Fsp3) is 1.00. The van der Waals surface area contributed by atoms with E-state index < -0.39 is 21.6 Å². The van der Waals surface area contributed by atoms with Crippen molar-refractivity contribution in [2.24, 2.45) is 27.1 Å². The number of sulfonamides is 1. The third kappa shape index (κ3) is 0.972. The zero-order chi connectivity index (χ0) is 15.9. The molecule has 3 aliphatic rings. The van der Waals surface area contributed by atoms with E-state index in [9.17, 15) is 21.6 Å². The summed E-state index contributed by atoms with van der Waals surface area (Å²) in [7, 11) is -5.26. The van der Waals surface area contributed by atoms with Crippen LogP contribution in [0.2, 0.25) is 0 Å². The van der Waals surface area contributed by atoms with Crippen LogP contribution < -0.4 is 4.72 Å². The summed E-state index contributed by atoms with van der Waals surface area (Å²) in [4.78, 5) is 0. The van der Waals surface area contributed by atoms with Crippen LogP contribution in [0.5, 0.6) is 0 Å². The van der Waals surface area contributed by atoms with Gasteiger partial charge in [-0.2, -0.15) is 13.2 Å². The van der Waals surface area contributed by atoms with Gasteiger partial charge in [0.1, 0.15) is 0 Å². The largest absolute Gasteiger partial charge is 0.511 e. The first-order chi connectivity index (χ1) is 9.23. The molecule has 0 bridgehead atoms. The molecule has 3 fully saturated rings. The predicted octanol–water partition coefficient (Wildman–Crippen LogP) is 3.03. The molecule has 0 amide bonds. The summed E-state index contributed by atoms with van der Waals surface area (Å²) in [6.45, 7) is 8.61. The third-order valence-electron chi connectivity index (χ3n) is 8.29. The average molecular weight is 323 g/mol. The minimum atomic E-state index is -5.26. The van der Waals surface area contributed by atoms with E-state index in [0.29, 0.717) is 6.42 Å². The Hall–Kier alpha value is -0.300. The van der Waals surface area contributed by atoms with Gasteiger partial charge in [0.15, 0.2) is 0 Å². The van der Waals surface area contributed by atoms with Gasteiger partial charge >= 0.3 is 15.5 Å². The Balaban J connectivity index is 1.73. The van der Waals surface area contributed by atoms with Crippen LogP contribution in [0.3, 0.4) is 0 Å². The second-order valence-corrected chi connectivity index (χ2v) is 10.3. The highest BCUT2D eigenvalue weighted by atomic mass is 32.2. The van der Waals surface area contributed by atoms with Crippen molar-refractivity contribution in [3.05, 3.63) is 0 Å². The van der Waals surface area contributed by atoms with E-state index in [1.807, 2.05) is 4.72 Å². The van der Waals surface area contributed by atoms with Crippen LogP contribution >= 0.6 is 0 Å². The summed E-state index contributed by atoms with van der Waals surface area (Å²) in [5.41, 5.74) is -5.48. The highest BCUT2D eigenvalue weighted by Crippen LogP contribution is 3.08. The van der Waals surface area contributed by atoms with Crippen molar-refractivity contribution in [3.8, 4) is 0 Å². The van der Waals surface area contributed by atoms with Gasteiger partial charge in [0, 0.05) is 6.04 Å². The zero-order valence-electron chi connectivity index (χ0n) is 12.6. The Morgan fingerprint density at radius 1 is 1.05 bits per heavy atom. The fourth-order valence-electron chi connectivity index (χ4n) is 7.52. The molecule has 21 heavy (non-hydrogen) atoms. The van der Waals surface area contributed by atoms with Crippen LogP contribution in [0.1, 0.15) is 47.0 Å². The molecule has 1 N–H and O–H groups in total. The normalized spacial score (nSPS) is 51.5. The van der Waals surface area contributed by atoms with E-state index in [0.717, 1.165) is 12.8 Å². The summed E-state index contributed by atoms with van der Waals surface area (Å²) >= 11 is 0. The quantitative estimate of drug-likeness (QED) is 0.849. The fourth-order valence-corrected chi connectivity index (χ4v) is 8.31. The summed E-state index contributed by atoms with van der Waals surface area (Å²) in [5.74, 6) is 0. The van der Waals surface area contributed by atoms with Gasteiger partial charge in [0.25, 0.3) is 0 Å². The molecule has 0 aliphatic heterocycles. The van der Waals surface area contributed by atoms with Crippen LogP contribution in [0.25, 0.3) is 0 Å². The molecule has 0 radical (unpaired) electrons. The molecule has 4 unspecified atom stereocenters. The molecule has 7 heteroatoms. The van der Waals surface area contributed by atoms with E-state index >= 15 is 0 Å². The molecule has 3 aliphatic carbocycles. The molecule has 3 saturated carbocycles. The van der Waals surface area contributed by atoms with Crippen LogP contribution in [-0.2, 0) is 10.0 Å². The van der Waals surface area contributed by atoms with E-state index in [1.165, 1.54) is 0 Å². The monoisotopic (exact) mass is 323 g/mol. The van der Waals surface area contributed by atoms with Gasteiger partial charge in [-0.1, -0.05) is 27.7 Å². The standard InChI is InChI=1S/C14H20F3NO2S/c1-9(2)11-5-8(18-21(19,20)14(15,16)17)12(6-11)10(3,4)13(9,12)7-11/h8,18H,5-7H2,1-4H3. The molecule has 120 valence electrons. The second kappa shape index (κ2) is 2.90. The third-order valence-corrected chi connectivity index (χ3v) is 9.49. The molecule has 0 heterocycles. The minimum Gasteiger partial charge on any atom is -0.204 e. The van der Waals surface area contributed by atoms with Gasteiger partial charge < -0.3 is 0 Å². The minimum absolute atomic E-state index is 0.00400. The molecule has 4 atom stereocenters. The van der Waals surface area contributed by atoms with Crippen LogP contribution in [0.15, 0.2) is 0 Å².